The average molecular weight is 242 g/mol. The van der Waals surface area contributed by atoms with Crippen LogP contribution in [0.4, 0.5) is 0 Å². The summed E-state index contributed by atoms with van der Waals surface area (Å²) in [5, 5.41) is 17.5. The molecule has 0 rings (SSSR count). The molecule has 3 heteroatoms. The molecule has 0 spiro atoms. The number of unbranched alkanes of at least 4 members (excludes halogenated alkanes) is 6. The molecule has 1 unspecified atom stereocenters. The van der Waals surface area contributed by atoms with E-state index in [1.807, 2.05) is 6.08 Å². The van der Waals surface area contributed by atoms with Crippen molar-refractivity contribution in [2.24, 2.45) is 0 Å². The molecule has 0 aromatic carbocycles. The minimum Gasteiger partial charge on any atom is -0.479 e. The third kappa shape index (κ3) is 11.4. The van der Waals surface area contributed by atoms with Gasteiger partial charge in [-0.1, -0.05) is 51.2 Å². The lowest BCUT2D eigenvalue weighted by molar-refractivity contribution is -0.146. The Labute approximate surface area is 105 Å². The molecule has 0 aliphatic heterocycles. The van der Waals surface area contributed by atoms with Crippen molar-refractivity contribution in [1.29, 1.82) is 0 Å². The summed E-state index contributed by atoms with van der Waals surface area (Å²) in [4.78, 5) is 10.3. The Bertz CT molecular complexity index is 212. The topological polar surface area (TPSA) is 57.5 Å². The van der Waals surface area contributed by atoms with Crippen LogP contribution in [-0.2, 0) is 4.79 Å². The number of hydrogen-bond acceptors (Lipinski definition) is 2. The number of aliphatic carboxylic acids is 1. The van der Waals surface area contributed by atoms with Gasteiger partial charge in [0.05, 0.1) is 0 Å². The van der Waals surface area contributed by atoms with Gasteiger partial charge in [-0.05, 0) is 25.7 Å². The van der Waals surface area contributed by atoms with Crippen LogP contribution in [0.2, 0.25) is 0 Å². The number of carboxylic acids is 1. The van der Waals surface area contributed by atoms with E-state index in [2.05, 4.69) is 13.0 Å². The minimum atomic E-state index is -1.21. The van der Waals surface area contributed by atoms with Crippen molar-refractivity contribution in [2.75, 3.05) is 0 Å². The summed E-state index contributed by atoms with van der Waals surface area (Å²) < 4.78 is 0. The largest absolute Gasteiger partial charge is 0.479 e. The van der Waals surface area contributed by atoms with Gasteiger partial charge < -0.3 is 10.2 Å². The van der Waals surface area contributed by atoms with Crippen molar-refractivity contribution in [3.63, 3.8) is 0 Å². The summed E-state index contributed by atoms with van der Waals surface area (Å²) in [5.74, 6) is -1.13. The summed E-state index contributed by atoms with van der Waals surface area (Å²) in [5.41, 5.74) is 0. The zero-order valence-electron chi connectivity index (χ0n) is 10.9. The molecule has 100 valence electrons. The van der Waals surface area contributed by atoms with E-state index in [1.165, 1.54) is 38.5 Å². The molecule has 0 aliphatic carbocycles. The molecule has 0 radical (unpaired) electrons. The van der Waals surface area contributed by atoms with Gasteiger partial charge in [0.15, 0.2) is 6.10 Å². The molecule has 1 atom stereocenters. The third-order valence-corrected chi connectivity index (χ3v) is 2.78. The number of carboxylic acid groups (broad SMARTS) is 1. The number of aliphatic hydroxyl groups excluding tert-OH is 1. The Hall–Kier alpha value is -0.830. The summed E-state index contributed by atoms with van der Waals surface area (Å²) in [7, 11) is 0. The fourth-order valence-corrected chi connectivity index (χ4v) is 1.66. The van der Waals surface area contributed by atoms with Crippen molar-refractivity contribution in [1.82, 2.24) is 0 Å². The van der Waals surface area contributed by atoms with Gasteiger partial charge in [0, 0.05) is 0 Å². The highest BCUT2D eigenvalue weighted by molar-refractivity contribution is 5.71. The fraction of sp³-hybridized carbons (Fsp3) is 0.786. The first kappa shape index (κ1) is 16.2. The lowest BCUT2D eigenvalue weighted by atomic mass is 10.1. The molecule has 0 fully saturated rings. The first-order valence-corrected chi connectivity index (χ1v) is 6.74. The molecule has 0 saturated heterocycles. The minimum absolute atomic E-state index is 0.308. The molecule has 0 bridgehead atoms. The van der Waals surface area contributed by atoms with E-state index in [1.54, 1.807) is 0 Å². The molecular formula is C14H26O3. The van der Waals surface area contributed by atoms with Gasteiger partial charge in [-0.3, -0.25) is 0 Å². The van der Waals surface area contributed by atoms with Crippen LogP contribution in [0.1, 0.15) is 64.7 Å². The second kappa shape index (κ2) is 11.6. The molecule has 2 N–H and O–H groups in total. The number of rotatable bonds is 11. The second-order valence-corrected chi connectivity index (χ2v) is 4.46. The maximum Gasteiger partial charge on any atom is 0.332 e. The van der Waals surface area contributed by atoms with Crippen LogP contribution in [-0.4, -0.2) is 22.3 Å². The highest BCUT2D eigenvalue weighted by atomic mass is 16.4. The smallest absolute Gasteiger partial charge is 0.332 e. The average Bonchev–Trinajstić information content (AvgIpc) is 2.31. The van der Waals surface area contributed by atoms with Gasteiger partial charge in [-0.2, -0.15) is 0 Å². The van der Waals surface area contributed by atoms with E-state index in [-0.39, 0.29) is 0 Å². The van der Waals surface area contributed by atoms with Gasteiger partial charge in [0.1, 0.15) is 0 Å². The Morgan fingerprint density at radius 2 is 1.65 bits per heavy atom. The van der Waals surface area contributed by atoms with Gasteiger partial charge in [0.2, 0.25) is 0 Å². The number of hydrogen-bond donors (Lipinski definition) is 2. The standard InChI is InChI=1S/C14H26O3/c1-2-3-4-5-6-7-8-9-10-11-12-13(15)14(16)17/h9-10,13,15H,2-8,11-12H2,1H3,(H,16,17). The number of aliphatic hydroxyl groups is 1. The quantitative estimate of drug-likeness (QED) is 0.430. The number of allylic oxidation sites excluding steroid dienone is 2. The first-order valence-electron chi connectivity index (χ1n) is 6.74. The zero-order chi connectivity index (χ0) is 12.9. The maximum atomic E-state index is 10.3. The SMILES string of the molecule is CCCCCCCCC=CCCC(O)C(=O)O. The lowest BCUT2D eigenvalue weighted by Crippen LogP contribution is -2.18. The van der Waals surface area contributed by atoms with Gasteiger partial charge in [0.25, 0.3) is 0 Å². The lowest BCUT2D eigenvalue weighted by Gasteiger charge is -2.01. The summed E-state index contributed by atoms with van der Waals surface area (Å²) >= 11 is 0. The monoisotopic (exact) mass is 242 g/mol. The highest BCUT2D eigenvalue weighted by Crippen LogP contribution is 2.07. The maximum absolute atomic E-state index is 10.3. The summed E-state index contributed by atoms with van der Waals surface area (Å²) in [6.45, 7) is 2.22. The molecule has 3 nitrogen and oxygen atoms in total. The van der Waals surface area contributed by atoms with Crippen molar-refractivity contribution in [3.8, 4) is 0 Å². The molecule has 0 heterocycles. The molecule has 0 aromatic heterocycles. The van der Waals surface area contributed by atoms with Crippen LogP contribution >= 0.6 is 0 Å². The van der Waals surface area contributed by atoms with Gasteiger partial charge in [-0.25, -0.2) is 4.79 Å². The molecular weight excluding hydrogens is 216 g/mol. The molecule has 17 heavy (non-hydrogen) atoms. The summed E-state index contributed by atoms with van der Waals surface area (Å²) in [6.07, 6.45) is 12.6. The van der Waals surface area contributed by atoms with Crippen molar-refractivity contribution in [3.05, 3.63) is 12.2 Å². The van der Waals surface area contributed by atoms with Crippen LogP contribution in [0, 0.1) is 0 Å². The number of carbonyl (C=O) groups is 1. The Balaban J connectivity index is 3.23. The molecule has 0 aromatic rings. The van der Waals surface area contributed by atoms with E-state index >= 15 is 0 Å². The predicted molar refractivity (Wildman–Crippen MR) is 70.0 cm³/mol. The second-order valence-electron chi connectivity index (χ2n) is 4.46. The van der Waals surface area contributed by atoms with Crippen LogP contribution in [0.15, 0.2) is 12.2 Å². The Morgan fingerprint density at radius 1 is 1.06 bits per heavy atom. The van der Waals surface area contributed by atoms with E-state index in [4.69, 9.17) is 10.2 Å². The van der Waals surface area contributed by atoms with Crippen LogP contribution in [0.5, 0.6) is 0 Å². The fourth-order valence-electron chi connectivity index (χ4n) is 1.66. The van der Waals surface area contributed by atoms with Gasteiger partial charge >= 0.3 is 5.97 Å². The molecule has 0 aliphatic rings. The van der Waals surface area contributed by atoms with Crippen LogP contribution < -0.4 is 0 Å². The molecule has 0 saturated carbocycles. The van der Waals surface area contributed by atoms with E-state index in [0.717, 1.165) is 6.42 Å². The normalized spacial score (nSPS) is 13.1. The van der Waals surface area contributed by atoms with Gasteiger partial charge in [-0.15, -0.1) is 0 Å². The van der Waals surface area contributed by atoms with E-state index in [9.17, 15) is 4.79 Å². The van der Waals surface area contributed by atoms with E-state index < -0.39 is 12.1 Å². The highest BCUT2D eigenvalue weighted by Gasteiger charge is 2.10. The summed E-state index contributed by atoms with van der Waals surface area (Å²) in [6, 6.07) is 0. The van der Waals surface area contributed by atoms with E-state index in [0.29, 0.717) is 12.8 Å². The Kier molecular flexibility index (Phi) is 11.1. The van der Waals surface area contributed by atoms with Crippen LogP contribution in [0.3, 0.4) is 0 Å². The molecule has 0 amide bonds. The third-order valence-electron chi connectivity index (χ3n) is 2.78. The van der Waals surface area contributed by atoms with Crippen molar-refractivity contribution < 1.29 is 15.0 Å². The zero-order valence-corrected chi connectivity index (χ0v) is 10.9. The first-order chi connectivity index (χ1) is 8.18. The van der Waals surface area contributed by atoms with Crippen molar-refractivity contribution >= 4 is 5.97 Å². The van der Waals surface area contributed by atoms with Crippen molar-refractivity contribution in [2.45, 2.75) is 70.8 Å². The predicted octanol–water partition coefficient (Wildman–Crippen LogP) is 3.52. The van der Waals surface area contributed by atoms with Crippen LogP contribution in [0.25, 0.3) is 0 Å². The Morgan fingerprint density at radius 3 is 2.29 bits per heavy atom.